The van der Waals surface area contributed by atoms with Gasteiger partial charge in [0.2, 0.25) is 11.8 Å². The van der Waals surface area contributed by atoms with E-state index in [4.69, 9.17) is 24.7 Å². The van der Waals surface area contributed by atoms with Crippen LogP contribution in [0, 0.1) is 5.41 Å². The van der Waals surface area contributed by atoms with Crippen LogP contribution in [-0.4, -0.2) is 55.4 Å². The molecule has 0 aliphatic heterocycles. The molecule has 2 amide bonds. The van der Waals surface area contributed by atoms with Gasteiger partial charge >= 0.3 is 0 Å². The van der Waals surface area contributed by atoms with Crippen LogP contribution < -0.4 is 24.7 Å². The van der Waals surface area contributed by atoms with Crippen molar-refractivity contribution in [1.29, 1.82) is 0 Å². The van der Waals surface area contributed by atoms with E-state index in [9.17, 15) is 15.0 Å². The van der Waals surface area contributed by atoms with Crippen molar-refractivity contribution < 1.29 is 38.7 Å². The zero-order valence-electron chi connectivity index (χ0n) is 37.8. The van der Waals surface area contributed by atoms with Gasteiger partial charge in [-0.1, -0.05) is 133 Å². The summed E-state index contributed by atoms with van der Waals surface area (Å²) in [5.41, 5.74) is 2.65. The maximum absolute atomic E-state index is 16.8. The normalized spacial score (nSPS) is 14.2. The predicted molar refractivity (Wildman–Crippen MR) is 259 cm³/mol. The van der Waals surface area contributed by atoms with Crippen LogP contribution in [0.15, 0.2) is 182 Å². The number of hydrogen-bond acceptors (Lipinski definition) is 8. The summed E-state index contributed by atoms with van der Waals surface area (Å²) < 4.78 is 23.3. The number of fused-ring (bicyclic) bond motifs is 2. The van der Waals surface area contributed by atoms with Crippen LogP contribution >= 0.6 is 0 Å². The monoisotopic (exact) mass is 892 g/mol. The number of aliphatic hydroxyl groups is 2. The molecule has 0 unspecified atom stereocenters. The van der Waals surface area contributed by atoms with Gasteiger partial charge in [0.05, 0.1) is 40.5 Å². The van der Waals surface area contributed by atoms with E-state index in [-0.39, 0.29) is 12.8 Å². The minimum absolute atomic E-state index is 0.148. The van der Waals surface area contributed by atoms with E-state index in [1.54, 1.807) is 130 Å². The Morgan fingerprint density at radius 1 is 0.493 bits per heavy atom. The standard InChI is InChI=1S/C57H52N2O8/c1-64-43-23-11-19-39(33-43)56(62,40-20-12-24-44(34-40)65-2)51(49-29-9-17-37-15-5-7-27-47(37)49)59(54(61)55(31-32-55)53(58)60)52(50-30-10-18-38-16-6-8-28-48(38)50)57(63,41-21-13-25-45(35-41)66-3)42-22-14-26-46(36-42)67-4/h5-30,33-36,51-52,62-63H,31-32H2,1-4H3,(H2,58,60)/t51-,52-/m0/s1. The lowest BCUT2D eigenvalue weighted by atomic mass is 9.70. The van der Waals surface area contributed by atoms with Crippen LogP contribution in [0.5, 0.6) is 23.0 Å². The van der Waals surface area contributed by atoms with Crippen molar-refractivity contribution in [2.75, 3.05) is 28.4 Å². The van der Waals surface area contributed by atoms with Crippen molar-refractivity contribution in [3.63, 3.8) is 0 Å². The summed E-state index contributed by atoms with van der Waals surface area (Å²) >= 11 is 0. The highest BCUT2D eigenvalue weighted by molar-refractivity contribution is 6.08. The van der Waals surface area contributed by atoms with Gasteiger partial charge in [-0.25, -0.2) is 0 Å². The van der Waals surface area contributed by atoms with Crippen molar-refractivity contribution in [1.82, 2.24) is 4.90 Å². The first-order valence-electron chi connectivity index (χ1n) is 22.1. The molecule has 10 nitrogen and oxygen atoms in total. The fourth-order valence-corrected chi connectivity index (χ4v) is 9.86. The molecule has 2 atom stereocenters. The molecule has 10 heteroatoms. The summed E-state index contributed by atoms with van der Waals surface area (Å²) in [5.74, 6) is 0.286. The Balaban J connectivity index is 1.53. The van der Waals surface area contributed by atoms with E-state index in [1.807, 2.05) is 84.9 Å². The number of carbonyl (C=O) groups is 2. The van der Waals surface area contributed by atoms with Gasteiger partial charge in [0.25, 0.3) is 0 Å². The summed E-state index contributed by atoms with van der Waals surface area (Å²) in [6, 6.07) is 52.4. The Kier molecular flexibility index (Phi) is 11.9. The molecule has 8 aromatic carbocycles. The van der Waals surface area contributed by atoms with E-state index in [0.29, 0.717) is 67.2 Å². The Morgan fingerprint density at radius 2 is 0.806 bits per heavy atom. The topological polar surface area (TPSA) is 141 Å². The predicted octanol–water partition coefficient (Wildman–Crippen LogP) is 9.78. The van der Waals surface area contributed by atoms with Gasteiger partial charge in [-0.05, 0) is 116 Å². The van der Waals surface area contributed by atoms with Crippen LogP contribution in [0.4, 0.5) is 0 Å². The molecule has 8 aromatic rings. The van der Waals surface area contributed by atoms with Gasteiger partial charge in [0.1, 0.15) is 39.6 Å². The lowest BCUT2D eigenvalue weighted by Crippen LogP contribution is -2.57. The second-order valence-corrected chi connectivity index (χ2v) is 17.1. The van der Waals surface area contributed by atoms with E-state index >= 15 is 4.79 Å². The Labute approximate surface area is 389 Å². The third kappa shape index (κ3) is 7.67. The Morgan fingerprint density at radius 3 is 1.12 bits per heavy atom. The molecule has 4 N–H and O–H groups in total. The average molecular weight is 893 g/mol. The van der Waals surface area contributed by atoms with Crippen LogP contribution in [0.1, 0.15) is 58.3 Å². The minimum Gasteiger partial charge on any atom is -0.497 e. The molecule has 0 heterocycles. The van der Waals surface area contributed by atoms with Crippen LogP contribution in [-0.2, 0) is 20.8 Å². The van der Waals surface area contributed by atoms with E-state index in [1.165, 1.54) is 0 Å². The molecule has 1 aliphatic carbocycles. The Bertz CT molecular complexity index is 2830. The summed E-state index contributed by atoms with van der Waals surface area (Å²) in [4.78, 5) is 32.4. The van der Waals surface area contributed by atoms with Crippen molar-refractivity contribution >= 4 is 33.4 Å². The van der Waals surface area contributed by atoms with Crippen molar-refractivity contribution in [2.24, 2.45) is 11.1 Å². The highest BCUT2D eigenvalue weighted by Gasteiger charge is 2.63. The van der Waals surface area contributed by atoms with Gasteiger partial charge < -0.3 is 39.8 Å². The Hall–Kier alpha value is -7.66. The van der Waals surface area contributed by atoms with Crippen molar-refractivity contribution in [2.45, 2.75) is 36.1 Å². The lowest BCUT2D eigenvalue weighted by molar-refractivity contribution is -0.162. The van der Waals surface area contributed by atoms with Crippen molar-refractivity contribution in [3.8, 4) is 23.0 Å². The molecule has 1 fully saturated rings. The smallest absolute Gasteiger partial charge is 0.239 e. The molecule has 1 saturated carbocycles. The summed E-state index contributed by atoms with van der Waals surface area (Å²) in [5, 5.41) is 32.6. The minimum atomic E-state index is -2.22. The summed E-state index contributed by atoms with van der Waals surface area (Å²) in [7, 11) is 6.18. The molecule has 9 rings (SSSR count). The summed E-state index contributed by atoms with van der Waals surface area (Å²) in [6.07, 6.45) is 0.297. The zero-order chi connectivity index (χ0) is 46.9. The zero-order valence-corrected chi connectivity index (χ0v) is 37.8. The highest BCUT2D eigenvalue weighted by Crippen LogP contribution is 2.59. The second-order valence-electron chi connectivity index (χ2n) is 17.1. The third-order valence-corrected chi connectivity index (χ3v) is 13.5. The fourth-order valence-electron chi connectivity index (χ4n) is 9.86. The molecule has 67 heavy (non-hydrogen) atoms. The molecular weight excluding hydrogens is 841 g/mol. The average Bonchev–Trinajstić information content (AvgIpc) is 4.21. The molecule has 0 saturated heterocycles. The van der Waals surface area contributed by atoms with E-state index < -0.39 is 40.5 Å². The number of methoxy groups -OCH3 is 4. The number of nitrogens with zero attached hydrogens (tertiary/aromatic N) is 1. The molecule has 338 valence electrons. The fraction of sp³-hybridized carbons (Fsp3) is 0.193. The maximum atomic E-state index is 16.8. The molecule has 0 radical (unpaired) electrons. The lowest BCUT2D eigenvalue weighted by Gasteiger charge is -2.52. The van der Waals surface area contributed by atoms with Gasteiger partial charge in [0.15, 0.2) is 0 Å². The number of benzene rings is 8. The van der Waals surface area contributed by atoms with Gasteiger partial charge in [-0.3, -0.25) is 9.59 Å². The molecule has 0 bridgehead atoms. The third-order valence-electron chi connectivity index (χ3n) is 13.5. The van der Waals surface area contributed by atoms with Crippen LogP contribution in [0.3, 0.4) is 0 Å². The van der Waals surface area contributed by atoms with Crippen LogP contribution in [0.2, 0.25) is 0 Å². The number of ether oxygens (including phenoxy) is 4. The van der Waals surface area contributed by atoms with Gasteiger partial charge in [-0.15, -0.1) is 0 Å². The highest BCUT2D eigenvalue weighted by atomic mass is 16.5. The second kappa shape index (κ2) is 18.0. The molecular formula is C57H52N2O8. The van der Waals surface area contributed by atoms with Crippen LogP contribution in [0.25, 0.3) is 21.5 Å². The first kappa shape index (κ1) is 44.5. The summed E-state index contributed by atoms with van der Waals surface area (Å²) in [6.45, 7) is 0. The van der Waals surface area contributed by atoms with E-state index in [2.05, 4.69) is 0 Å². The first-order valence-corrected chi connectivity index (χ1v) is 22.1. The van der Waals surface area contributed by atoms with Gasteiger partial charge in [0, 0.05) is 0 Å². The number of rotatable bonds is 16. The maximum Gasteiger partial charge on any atom is 0.239 e. The quantitative estimate of drug-likeness (QED) is 0.0815. The molecule has 0 spiro atoms. The number of primary amides is 1. The van der Waals surface area contributed by atoms with Crippen molar-refractivity contribution in [3.05, 3.63) is 215 Å². The molecule has 0 aromatic heterocycles. The first-order chi connectivity index (χ1) is 32.5. The number of carbonyl (C=O) groups excluding carboxylic acids is 2. The number of hydrogen-bond donors (Lipinski definition) is 3. The largest absolute Gasteiger partial charge is 0.497 e. The number of amides is 2. The number of nitrogens with two attached hydrogens (primary N) is 1. The molecule has 1 aliphatic rings. The van der Waals surface area contributed by atoms with E-state index in [0.717, 1.165) is 10.8 Å². The van der Waals surface area contributed by atoms with Gasteiger partial charge in [-0.2, -0.15) is 0 Å². The SMILES string of the molecule is COc1cccc(C(O)(c2cccc(OC)c2)[C@H](c2cccc3ccccc23)N(C(=O)C2(C(N)=O)CC2)[C@@H](c2cccc3ccccc23)C(O)(c2cccc(OC)c2)c2cccc(OC)c2)c1.